The fourth-order valence-corrected chi connectivity index (χ4v) is 1.99. The van der Waals surface area contributed by atoms with Gasteiger partial charge < -0.3 is 9.64 Å². The zero-order chi connectivity index (χ0) is 13.5. The maximum absolute atomic E-state index is 4.94. The third-order valence-corrected chi connectivity index (χ3v) is 3.31. The smallest absolute Gasteiger partial charge is 0.0466 e. The number of hydrogen-bond donors (Lipinski definition) is 0. The van der Waals surface area contributed by atoms with Crippen LogP contribution in [0.5, 0.6) is 0 Å². The minimum absolute atomic E-state index is 1.00. The molecule has 18 heavy (non-hydrogen) atoms. The van der Waals surface area contributed by atoms with Gasteiger partial charge >= 0.3 is 0 Å². The van der Waals surface area contributed by atoms with Crippen molar-refractivity contribution >= 4 is 0 Å². The molecule has 0 spiro atoms. The van der Waals surface area contributed by atoms with Gasteiger partial charge in [0.05, 0.1) is 0 Å². The first-order chi connectivity index (χ1) is 8.85. The Kier molecular flexibility index (Phi) is 14.9. The highest BCUT2D eigenvalue weighted by Crippen LogP contribution is 2.01. The van der Waals surface area contributed by atoms with E-state index in [4.69, 9.17) is 4.74 Å². The molecule has 0 amide bonds. The summed E-state index contributed by atoms with van der Waals surface area (Å²) in [6, 6.07) is 0. The van der Waals surface area contributed by atoms with Gasteiger partial charge in [-0.3, -0.25) is 0 Å². The van der Waals surface area contributed by atoms with E-state index in [-0.39, 0.29) is 0 Å². The number of unbranched alkanes of at least 4 members (excludes halogenated alkanes) is 3. The topological polar surface area (TPSA) is 12.5 Å². The van der Waals surface area contributed by atoms with E-state index in [0.717, 1.165) is 13.2 Å². The molecule has 0 aromatic heterocycles. The van der Waals surface area contributed by atoms with Gasteiger partial charge in [0, 0.05) is 13.2 Å². The van der Waals surface area contributed by atoms with Crippen molar-refractivity contribution in [2.75, 3.05) is 32.8 Å². The number of rotatable bonds is 9. The van der Waals surface area contributed by atoms with Crippen LogP contribution in [0.4, 0.5) is 0 Å². The van der Waals surface area contributed by atoms with Gasteiger partial charge in [-0.25, -0.2) is 0 Å². The zero-order valence-electron chi connectivity index (χ0n) is 13.0. The number of nitrogens with zero attached hydrogens (tertiary/aromatic N) is 1. The first-order valence-corrected chi connectivity index (χ1v) is 8.15. The highest BCUT2D eigenvalue weighted by atomic mass is 16.5. The summed E-state index contributed by atoms with van der Waals surface area (Å²) in [4.78, 5) is 2.64. The summed E-state index contributed by atoms with van der Waals surface area (Å²) in [5.74, 6) is 0. The van der Waals surface area contributed by atoms with E-state index in [9.17, 15) is 0 Å². The van der Waals surface area contributed by atoms with Crippen molar-refractivity contribution in [3.63, 3.8) is 0 Å². The second-order valence-electron chi connectivity index (χ2n) is 5.22. The van der Waals surface area contributed by atoms with Crippen molar-refractivity contribution < 1.29 is 4.74 Å². The fourth-order valence-electron chi connectivity index (χ4n) is 1.99. The van der Waals surface area contributed by atoms with Gasteiger partial charge in [-0.1, -0.05) is 40.0 Å². The molecule has 0 unspecified atom stereocenters. The van der Waals surface area contributed by atoms with Gasteiger partial charge in [-0.15, -0.1) is 0 Å². The molecule has 0 saturated carbocycles. The third-order valence-electron chi connectivity index (χ3n) is 3.31. The lowest BCUT2D eigenvalue weighted by atomic mass is 10.2. The van der Waals surface area contributed by atoms with Crippen LogP contribution in [0.25, 0.3) is 0 Å². The minimum atomic E-state index is 1.00. The quantitative estimate of drug-likeness (QED) is 0.603. The summed E-state index contributed by atoms with van der Waals surface area (Å²) in [7, 11) is 0. The van der Waals surface area contributed by atoms with Crippen LogP contribution in [0.1, 0.15) is 72.1 Å². The molecule has 0 bridgehead atoms. The van der Waals surface area contributed by atoms with E-state index in [2.05, 4.69) is 25.7 Å². The van der Waals surface area contributed by atoms with Crippen LogP contribution in [0.3, 0.4) is 0 Å². The molecule has 0 aromatic carbocycles. The fraction of sp³-hybridized carbons (Fsp3) is 1.00. The van der Waals surface area contributed by atoms with E-state index in [1.54, 1.807) is 0 Å². The molecule has 1 heterocycles. The van der Waals surface area contributed by atoms with Crippen molar-refractivity contribution in [3.05, 3.63) is 0 Å². The molecule has 1 aliphatic rings. The van der Waals surface area contributed by atoms with E-state index in [1.807, 2.05) is 0 Å². The zero-order valence-corrected chi connectivity index (χ0v) is 13.0. The summed E-state index contributed by atoms with van der Waals surface area (Å²) >= 11 is 0. The molecule has 1 rings (SSSR count). The van der Waals surface area contributed by atoms with Crippen LogP contribution in [-0.4, -0.2) is 37.7 Å². The lowest BCUT2D eigenvalue weighted by Gasteiger charge is -2.21. The second-order valence-corrected chi connectivity index (χ2v) is 5.22. The van der Waals surface area contributed by atoms with Crippen LogP contribution in [0, 0.1) is 0 Å². The first-order valence-electron chi connectivity index (χ1n) is 8.15. The predicted molar refractivity (Wildman–Crippen MR) is 81.2 cm³/mol. The minimum Gasteiger partial charge on any atom is -0.381 e. The summed E-state index contributed by atoms with van der Waals surface area (Å²) in [6.07, 6.45) is 10.6. The molecule has 1 saturated heterocycles. The highest BCUT2D eigenvalue weighted by molar-refractivity contribution is 4.57. The summed E-state index contributed by atoms with van der Waals surface area (Å²) in [6.45, 7) is 12.8. The molecular weight excluding hydrogens is 222 g/mol. The predicted octanol–water partition coefficient (Wildman–Crippen LogP) is 4.49. The Hall–Kier alpha value is -0.0800. The summed E-state index contributed by atoms with van der Waals surface area (Å²) in [5.41, 5.74) is 0. The number of ether oxygens (including phenoxy) is 1. The monoisotopic (exact) mass is 257 g/mol. The molecule has 1 aliphatic heterocycles. The molecule has 0 radical (unpaired) electrons. The average Bonchev–Trinajstić information content (AvgIpc) is 2.97. The van der Waals surface area contributed by atoms with Gasteiger partial charge in [0.1, 0.15) is 0 Å². The summed E-state index contributed by atoms with van der Waals surface area (Å²) < 4.78 is 4.94. The Labute approximate surface area is 115 Å². The van der Waals surface area contributed by atoms with Crippen LogP contribution in [0.15, 0.2) is 0 Å². The lowest BCUT2D eigenvalue weighted by molar-refractivity contribution is 0.198. The SMILES string of the molecule is C1CCOC1.CCCCN(CCCC)CCCC. The van der Waals surface area contributed by atoms with Crippen molar-refractivity contribution in [3.8, 4) is 0 Å². The molecule has 110 valence electrons. The van der Waals surface area contributed by atoms with Crippen LogP contribution in [0.2, 0.25) is 0 Å². The molecule has 0 N–H and O–H groups in total. The van der Waals surface area contributed by atoms with E-state index in [1.165, 1.54) is 71.0 Å². The number of hydrogen-bond acceptors (Lipinski definition) is 2. The van der Waals surface area contributed by atoms with Gasteiger partial charge in [-0.05, 0) is 51.7 Å². The van der Waals surface area contributed by atoms with Crippen molar-refractivity contribution in [2.24, 2.45) is 0 Å². The first kappa shape index (κ1) is 17.9. The maximum atomic E-state index is 4.94. The molecule has 0 atom stereocenters. The molecule has 0 aliphatic carbocycles. The van der Waals surface area contributed by atoms with Gasteiger partial charge in [0.15, 0.2) is 0 Å². The highest BCUT2D eigenvalue weighted by Gasteiger charge is 2.01. The van der Waals surface area contributed by atoms with Gasteiger partial charge in [-0.2, -0.15) is 0 Å². The molecule has 0 aromatic rings. The van der Waals surface area contributed by atoms with Crippen molar-refractivity contribution in [2.45, 2.75) is 72.1 Å². The second kappa shape index (κ2) is 15.0. The van der Waals surface area contributed by atoms with E-state index >= 15 is 0 Å². The molecule has 2 heteroatoms. The van der Waals surface area contributed by atoms with E-state index in [0.29, 0.717) is 0 Å². The Bertz CT molecular complexity index is 119. The molecule has 1 fully saturated rings. The van der Waals surface area contributed by atoms with Crippen LogP contribution in [-0.2, 0) is 4.74 Å². The maximum Gasteiger partial charge on any atom is 0.0466 e. The lowest BCUT2D eigenvalue weighted by Crippen LogP contribution is -2.27. The Balaban J connectivity index is 0.000000473. The van der Waals surface area contributed by atoms with Gasteiger partial charge in [0.25, 0.3) is 0 Å². The standard InChI is InChI=1S/C12H27N.C4H8O/c1-4-7-10-13(11-8-5-2)12-9-6-3;1-2-4-5-3-1/h4-12H2,1-3H3;1-4H2. The third kappa shape index (κ3) is 12.4. The average molecular weight is 257 g/mol. The molecular formula is C16H35NO. The van der Waals surface area contributed by atoms with Gasteiger partial charge in [0.2, 0.25) is 0 Å². The van der Waals surface area contributed by atoms with Crippen molar-refractivity contribution in [1.29, 1.82) is 0 Å². The van der Waals surface area contributed by atoms with Crippen LogP contribution >= 0.6 is 0 Å². The van der Waals surface area contributed by atoms with Crippen molar-refractivity contribution in [1.82, 2.24) is 4.90 Å². The van der Waals surface area contributed by atoms with E-state index < -0.39 is 0 Å². The molecule has 2 nitrogen and oxygen atoms in total. The Morgan fingerprint density at radius 3 is 1.33 bits per heavy atom. The normalized spacial score (nSPS) is 14.7. The largest absolute Gasteiger partial charge is 0.381 e. The Morgan fingerprint density at radius 2 is 1.11 bits per heavy atom. The summed E-state index contributed by atoms with van der Waals surface area (Å²) in [5, 5.41) is 0. The van der Waals surface area contributed by atoms with Crippen LogP contribution < -0.4 is 0 Å². The Morgan fingerprint density at radius 1 is 0.722 bits per heavy atom.